The predicted octanol–water partition coefficient (Wildman–Crippen LogP) is 1.84. The highest BCUT2D eigenvalue weighted by Gasteiger charge is 2.36. The molecule has 0 bridgehead atoms. The molecule has 1 fully saturated rings. The molecule has 1 aromatic carbocycles. The highest BCUT2D eigenvalue weighted by molar-refractivity contribution is 7.89. The third-order valence-electron chi connectivity index (χ3n) is 5.15. The van der Waals surface area contributed by atoms with Crippen LogP contribution >= 0.6 is 0 Å². The first-order valence-corrected chi connectivity index (χ1v) is 9.76. The van der Waals surface area contributed by atoms with Gasteiger partial charge in [-0.1, -0.05) is 6.07 Å². The Morgan fingerprint density at radius 2 is 1.87 bits per heavy atom. The Balaban J connectivity index is 1.92. The number of hydrogen-bond acceptors (Lipinski definition) is 3. The van der Waals surface area contributed by atoms with Gasteiger partial charge < -0.3 is 5.73 Å². The first kappa shape index (κ1) is 16.5. The molecule has 23 heavy (non-hydrogen) atoms. The fourth-order valence-corrected chi connectivity index (χ4v) is 5.41. The van der Waals surface area contributed by atoms with Gasteiger partial charge in [0, 0.05) is 12.6 Å². The summed E-state index contributed by atoms with van der Waals surface area (Å²) in [6, 6.07) is 5.37. The topological polar surface area (TPSA) is 80.5 Å². The monoisotopic (exact) mass is 336 g/mol. The summed E-state index contributed by atoms with van der Waals surface area (Å²) in [7, 11) is -3.59. The molecule has 5 nitrogen and oxygen atoms in total. The maximum Gasteiger partial charge on any atom is 0.243 e. The van der Waals surface area contributed by atoms with E-state index in [0.29, 0.717) is 17.7 Å². The summed E-state index contributed by atoms with van der Waals surface area (Å²) in [6.45, 7) is 2.09. The standard InChI is InChI=1S/C17H24N2O3S/c1-12-6-7-15(17(18)20)11-19(12)23(21,22)16-9-8-13-4-2-3-5-14(13)10-16/h8-10,12,15H,2-7,11H2,1H3,(H2,18,20). The first-order chi connectivity index (χ1) is 10.9. The number of aryl methyl sites for hydroxylation is 2. The van der Waals surface area contributed by atoms with Gasteiger partial charge in [0.1, 0.15) is 0 Å². The minimum atomic E-state index is -3.59. The Labute approximate surface area is 137 Å². The third kappa shape index (κ3) is 3.15. The van der Waals surface area contributed by atoms with E-state index in [4.69, 9.17) is 5.73 Å². The minimum Gasteiger partial charge on any atom is -0.369 e. The molecular weight excluding hydrogens is 312 g/mol. The average molecular weight is 336 g/mol. The van der Waals surface area contributed by atoms with Crippen molar-refractivity contribution >= 4 is 15.9 Å². The molecule has 0 spiro atoms. The van der Waals surface area contributed by atoms with Crippen LogP contribution in [0.2, 0.25) is 0 Å². The van der Waals surface area contributed by atoms with Crippen molar-refractivity contribution in [2.75, 3.05) is 6.54 Å². The van der Waals surface area contributed by atoms with E-state index >= 15 is 0 Å². The number of nitrogens with zero attached hydrogens (tertiary/aromatic N) is 1. The number of piperidine rings is 1. The molecule has 3 rings (SSSR count). The maximum atomic E-state index is 13.0. The van der Waals surface area contributed by atoms with E-state index in [-0.39, 0.29) is 12.6 Å². The molecule has 2 N–H and O–H groups in total. The number of rotatable bonds is 3. The Kier molecular flexibility index (Phi) is 4.47. The summed E-state index contributed by atoms with van der Waals surface area (Å²) >= 11 is 0. The first-order valence-electron chi connectivity index (χ1n) is 8.32. The predicted molar refractivity (Wildman–Crippen MR) is 88.4 cm³/mol. The van der Waals surface area contributed by atoms with E-state index in [9.17, 15) is 13.2 Å². The molecule has 0 saturated carbocycles. The lowest BCUT2D eigenvalue weighted by atomic mass is 9.92. The van der Waals surface area contributed by atoms with Crippen molar-refractivity contribution in [2.24, 2.45) is 11.7 Å². The highest BCUT2D eigenvalue weighted by atomic mass is 32.2. The fourth-order valence-electron chi connectivity index (χ4n) is 3.65. The number of hydrogen-bond donors (Lipinski definition) is 1. The number of nitrogens with two attached hydrogens (primary N) is 1. The molecule has 0 aromatic heterocycles. The second kappa shape index (κ2) is 6.24. The number of benzene rings is 1. The molecule has 1 amide bonds. The molecule has 1 aliphatic heterocycles. The van der Waals surface area contributed by atoms with Gasteiger partial charge in [-0.2, -0.15) is 4.31 Å². The quantitative estimate of drug-likeness (QED) is 0.914. The zero-order valence-corrected chi connectivity index (χ0v) is 14.3. The molecule has 1 heterocycles. The lowest BCUT2D eigenvalue weighted by Gasteiger charge is -2.36. The van der Waals surface area contributed by atoms with Crippen molar-refractivity contribution in [3.8, 4) is 0 Å². The summed E-state index contributed by atoms with van der Waals surface area (Å²) in [6.07, 6.45) is 5.57. The lowest BCUT2D eigenvalue weighted by Crippen LogP contribution is -2.48. The van der Waals surface area contributed by atoms with Crippen molar-refractivity contribution in [2.45, 2.75) is 56.4 Å². The fraction of sp³-hybridized carbons (Fsp3) is 0.588. The Bertz CT molecular complexity index is 715. The van der Waals surface area contributed by atoms with Gasteiger partial charge >= 0.3 is 0 Å². The van der Waals surface area contributed by atoms with E-state index in [0.717, 1.165) is 24.8 Å². The van der Waals surface area contributed by atoms with Gasteiger partial charge in [0.05, 0.1) is 10.8 Å². The summed E-state index contributed by atoms with van der Waals surface area (Å²) in [5, 5.41) is 0. The molecule has 1 aromatic rings. The van der Waals surface area contributed by atoms with Gasteiger partial charge in [-0.15, -0.1) is 0 Å². The second-order valence-electron chi connectivity index (χ2n) is 6.74. The van der Waals surface area contributed by atoms with Crippen molar-refractivity contribution < 1.29 is 13.2 Å². The van der Waals surface area contributed by atoms with E-state index < -0.39 is 21.8 Å². The molecule has 2 aliphatic rings. The van der Waals surface area contributed by atoms with Crippen molar-refractivity contribution in [1.29, 1.82) is 0 Å². The molecule has 1 aliphatic carbocycles. The molecule has 2 atom stereocenters. The molecular formula is C17H24N2O3S. The molecule has 0 radical (unpaired) electrons. The summed E-state index contributed by atoms with van der Waals surface area (Å²) < 4.78 is 27.5. The van der Waals surface area contributed by atoms with Crippen LogP contribution < -0.4 is 5.73 Å². The van der Waals surface area contributed by atoms with Crippen LogP contribution in [0, 0.1) is 5.92 Å². The average Bonchev–Trinajstić information content (AvgIpc) is 2.54. The number of sulfonamides is 1. The van der Waals surface area contributed by atoms with Crippen LogP contribution in [0.15, 0.2) is 23.1 Å². The molecule has 2 unspecified atom stereocenters. The third-order valence-corrected chi connectivity index (χ3v) is 7.13. The smallest absolute Gasteiger partial charge is 0.243 e. The summed E-state index contributed by atoms with van der Waals surface area (Å²) in [4.78, 5) is 11.8. The van der Waals surface area contributed by atoms with Crippen LogP contribution in [0.25, 0.3) is 0 Å². The van der Waals surface area contributed by atoms with E-state index in [1.54, 1.807) is 6.07 Å². The number of carbonyl (C=O) groups is 1. The largest absolute Gasteiger partial charge is 0.369 e. The van der Waals surface area contributed by atoms with Crippen molar-refractivity contribution in [1.82, 2.24) is 4.31 Å². The summed E-state index contributed by atoms with van der Waals surface area (Å²) in [5.41, 5.74) is 7.80. The van der Waals surface area contributed by atoms with Crippen LogP contribution in [0.4, 0.5) is 0 Å². The van der Waals surface area contributed by atoms with Gasteiger partial charge in [0.25, 0.3) is 0 Å². The van der Waals surface area contributed by atoms with Gasteiger partial charge in [-0.05, 0) is 68.7 Å². The number of amides is 1. The Hall–Kier alpha value is -1.40. The van der Waals surface area contributed by atoms with Crippen molar-refractivity contribution in [3.05, 3.63) is 29.3 Å². The minimum absolute atomic E-state index is 0.105. The number of fused-ring (bicyclic) bond motifs is 1. The Morgan fingerprint density at radius 1 is 1.17 bits per heavy atom. The van der Waals surface area contributed by atoms with Gasteiger partial charge in [0.2, 0.25) is 15.9 Å². The van der Waals surface area contributed by atoms with E-state index in [1.165, 1.54) is 16.3 Å². The molecule has 1 saturated heterocycles. The summed E-state index contributed by atoms with van der Waals surface area (Å²) in [5.74, 6) is -0.804. The van der Waals surface area contributed by atoms with Gasteiger partial charge in [-0.3, -0.25) is 4.79 Å². The van der Waals surface area contributed by atoms with E-state index in [2.05, 4.69) is 0 Å². The van der Waals surface area contributed by atoms with Crippen LogP contribution in [-0.2, 0) is 27.7 Å². The second-order valence-corrected chi connectivity index (χ2v) is 8.63. The highest BCUT2D eigenvalue weighted by Crippen LogP contribution is 2.30. The Morgan fingerprint density at radius 3 is 2.57 bits per heavy atom. The van der Waals surface area contributed by atoms with Crippen LogP contribution in [0.3, 0.4) is 0 Å². The van der Waals surface area contributed by atoms with Crippen LogP contribution in [0.1, 0.15) is 43.7 Å². The lowest BCUT2D eigenvalue weighted by molar-refractivity contribution is -0.123. The van der Waals surface area contributed by atoms with Crippen LogP contribution in [-0.4, -0.2) is 31.2 Å². The number of carbonyl (C=O) groups excluding carboxylic acids is 1. The molecule has 126 valence electrons. The normalized spacial score (nSPS) is 25.8. The van der Waals surface area contributed by atoms with Crippen molar-refractivity contribution in [3.63, 3.8) is 0 Å². The van der Waals surface area contributed by atoms with Gasteiger partial charge in [0.15, 0.2) is 0 Å². The zero-order valence-electron chi connectivity index (χ0n) is 13.5. The maximum absolute atomic E-state index is 13.0. The molecule has 6 heteroatoms. The number of primary amides is 1. The SMILES string of the molecule is CC1CCC(C(N)=O)CN1S(=O)(=O)c1ccc2c(c1)CCCC2. The van der Waals surface area contributed by atoms with Crippen LogP contribution in [0.5, 0.6) is 0 Å². The van der Waals surface area contributed by atoms with E-state index in [1.807, 2.05) is 19.1 Å². The van der Waals surface area contributed by atoms with Gasteiger partial charge in [-0.25, -0.2) is 8.42 Å². The zero-order chi connectivity index (χ0) is 16.6.